The first kappa shape index (κ1) is 13.6. The zero-order valence-electron chi connectivity index (χ0n) is 12.1. The fourth-order valence-electron chi connectivity index (χ4n) is 3.31. The Labute approximate surface area is 111 Å². The van der Waals surface area contributed by atoms with E-state index in [1.165, 1.54) is 44.2 Å². The summed E-state index contributed by atoms with van der Waals surface area (Å²) in [4.78, 5) is 0. The third-order valence-electron chi connectivity index (χ3n) is 4.45. The second kappa shape index (κ2) is 5.87. The molecule has 1 aromatic heterocycles. The highest BCUT2D eigenvalue weighted by Crippen LogP contribution is 2.45. The van der Waals surface area contributed by atoms with Gasteiger partial charge in [-0.05, 0) is 37.3 Å². The summed E-state index contributed by atoms with van der Waals surface area (Å²) >= 11 is 0. The molecule has 1 unspecified atom stereocenters. The van der Waals surface area contributed by atoms with E-state index in [1.54, 1.807) is 0 Å². The SMILES string of the molecule is CCCNC(c1ccnn1C)C1(C)CCCCC1. The van der Waals surface area contributed by atoms with Gasteiger partial charge in [0.2, 0.25) is 0 Å². The van der Waals surface area contributed by atoms with Gasteiger partial charge in [0.1, 0.15) is 0 Å². The first-order valence-electron chi connectivity index (χ1n) is 7.38. The molecule has 18 heavy (non-hydrogen) atoms. The zero-order valence-corrected chi connectivity index (χ0v) is 12.1. The third-order valence-corrected chi connectivity index (χ3v) is 4.45. The summed E-state index contributed by atoms with van der Waals surface area (Å²) in [6.45, 7) is 5.77. The number of hydrogen-bond donors (Lipinski definition) is 1. The van der Waals surface area contributed by atoms with Crippen LogP contribution in [0.3, 0.4) is 0 Å². The first-order valence-corrected chi connectivity index (χ1v) is 7.38. The van der Waals surface area contributed by atoms with Gasteiger partial charge in [-0.2, -0.15) is 5.10 Å². The van der Waals surface area contributed by atoms with E-state index in [1.807, 2.05) is 10.9 Å². The highest BCUT2D eigenvalue weighted by Gasteiger charge is 2.37. The van der Waals surface area contributed by atoms with Gasteiger partial charge in [0.05, 0.1) is 11.7 Å². The number of nitrogens with one attached hydrogen (secondary N) is 1. The molecule has 102 valence electrons. The van der Waals surface area contributed by atoms with E-state index >= 15 is 0 Å². The lowest BCUT2D eigenvalue weighted by molar-refractivity contribution is 0.139. The van der Waals surface area contributed by atoms with Crippen molar-refractivity contribution in [1.29, 1.82) is 0 Å². The number of hydrogen-bond acceptors (Lipinski definition) is 2. The second-order valence-corrected chi connectivity index (χ2v) is 5.98. The van der Waals surface area contributed by atoms with Crippen LogP contribution in [0.1, 0.15) is 64.1 Å². The Morgan fingerprint density at radius 3 is 2.67 bits per heavy atom. The lowest BCUT2D eigenvalue weighted by atomic mass is 9.69. The monoisotopic (exact) mass is 249 g/mol. The van der Waals surface area contributed by atoms with Crippen LogP contribution < -0.4 is 5.32 Å². The van der Waals surface area contributed by atoms with E-state index in [0.717, 1.165) is 6.54 Å². The van der Waals surface area contributed by atoms with E-state index in [9.17, 15) is 0 Å². The van der Waals surface area contributed by atoms with Crippen LogP contribution in [-0.4, -0.2) is 16.3 Å². The van der Waals surface area contributed by atoms with E-state index in [2.05, 4.69) is 37.4 Å². The summed E-state index contributed by atoms with van der Waals surface area (Å²) in [7, 11) is 2.06. The van der Waals surface area contributed by atoms with Gasteiger partial charge in [0, 0.05) is 13.2 Å². The Hall–Kier alpha value is -0.830. The molecule has 1 N–H and O–H groups in total. The predicted octanol–water partition coefficient (Wildman–Crippen LogP) is 3.43. The summed E-state index contributed by atoms with van der Waals surface area (Å²) in [6.07, 6.45) is 9.92. The normalized spacial score (nSPS) is 20.8. The summed E-state index contributed by atoms with van der Waals surface area (Å²) < 4.78 is 2.03. The molecule has 3 nitrogen and oxygen atoms in total. The van der Waals surface area contributed by atoms with Crippen molar-refractivity contribution < 1.29 is 0 Å². The number of aromatic nitrogens is 2. The Bertz CT molecular complexity index is 364. The lowest BCUT2D eigenvalue weighted by Crippen LogP contribution is -2.39. The summed E-state index contributed by atoms with van der Waals surface area (Å²) in [6, 6.07) is 2.62. The maximum absolute atomic E-state index is 4.35. The molecule has 0 amide bonds. The molecule has 1 atom stereocenters. The average Bonchev–Trinajstić information content (AvgIpc) is 2.77. The Balaban J connectivity index is 2.21. The molecule has 1 saturated carbocycles. The van der Waals surface area contributed by atoms with Crippen LogP contribution in [0, 0.1) is 5.41 Å². The van der Waals surface area contributed by atoms with E-state index in [4.69, 9.17) is 0 Å². The van der Waals surface area contributed by atoms with Gasteiger partial charge >= 0.3 is 0 Å². The van der Waals surface area contributed by atoms with Crippen molar-refractivity contribution in [2.24, 2.45) is 12.5 Å². The fraction of sp³-hybridized carbons (Fsp3) is 0.800. The molecule has 0 bridgehead atoms. The van der Waals surface area contributed by atoms with Gasteiger partial charge < -0.3 is 5.32 Å². The molecular formula is C15H27N3. The van der Waals surface area contributed by atoms with Crippen LogP contribution in [0.15, 0.2) is 12.3 Å². The molecule has 1 heterocycles. The van der Waals surface area contributed by atoms with Crippen molar-refractivity contribution in [3.05, 3.63) is 18.0 Å². The largest absolute Gasteiger partial charge is 0.308 e. The Kier molecular flexibility index (Phi) is 4.44. The molecule has 0 spiro atoms. The van der Waals surface area contributed by atoms with Crippen LogP contribution in [-0.2, 0) is 7.05 Å². The molecule has 0 saturated heterocycles. The molecule has 0 aromatic carbocycles. The van der Waals surface area contributed by atoms with E-state index < -0.39 is 0 Å². The van der Waals surface area contributed by atoms with Gasteiger partial charge in [0.25, 0.3) is 0 Å². The van der Waals surface area contributed by atoms with Crippen molar-refractivity contribution in [2.75, 3.05) is 6.54 Å². The van der Waals surface area contributed by atoms with Crippen molar-refractivity contribution >= 4 is 0 Å². The number of rotatable bonds is 5. The zero-order chi connectivity index (χ0) is 13.0. The molecule has 0 radical (unpaired) electrons. The molecule has 1 aliphatic carbocycles. The van der Waals surface area contributed by atoms with E-state index in [0.29, 0.717) is 11.5 Å². The third kappa shape index (κ3) is 2.77. The topological polar surface area (TPSA) is 29.9 Å². The summed E-state index contributed by atoms with van der Waals surface area (Å²) in [5.41, 5.74) is 1.73. The van der Waals surface area contributed by atoms with Crippen LogP contribution in [0.5, 0.6) is 0 Å². The standard InChI is InChI=1S/C15H27N3/c1-4-11-16-14(13-8-12-17-18(13)3)15(2)9-6-5-7-10-15/h8,12,14,16H,4-7,9-11H2,1-3H3. The first-order chi connectivity index (χ1) is 8.67. The number of aryl methyl sites for hydroxylation is 1. The maximum Gasteiger partial charge on any atom is 0.0555 e. The molecule has 0 aliphatic heterocycles. The molecule has 1 fully saturated rings. The van der Waals surface area contributed by atoms with Gasteiger partial charge in [-0.15, -0.1) is 0 Å². The molecule has 1 aromatic rings. The van der Waals surface area contributed by atoms with E-state index in [-0.39, 0.29) is 0 Å². The minimum Gasteiger partial charge on any atom is -0.308 e. The molecule has 3 heteroatoms. The van der Waals surface area contributed by atoms with Crippen molar-refractivity contribution in [1.82, 2.24) is 15.1 Å². The van der Waals surface area contributed by atoms with Crippen LogP contribution in [0.2, 0.25) is 0 Å². The van der Waals surface area contributed by atoms with Crippen molar-refractivity contribution in [3.8, 4) is 0 Å². The fourth-order valence-corrected chi connectivity index (χ4v) is 3.31. The average molecular weight is 249 g/mol. The second-order valence-electron chi connectivity index (χ2n) is 5.98. The summed E-state index contributed by atoms with van der Waals surface area (Å²) in [5, 5.41) is 8.11. The lowest BCUT2D eigenvalue weighted by Gasteiger charge is -2.41. The maximum atomic E-state index is 4.35. The highest BCUT2D eigenvalue weighted by molar-refractivity contribution is 5.11. The van der Waals surface area contributed by atoms with Crippen LogP contribution >= 0.6 is 0 Å². The Morgan fingerprint density at radius 1 is 1.39 bits per heavy atom. The van der Waals surface area contributed by atoms with Gasteiger partial charge in [-0.25, -0.2) is 0 Å². The minimum absolute atomic E-state index is 0.390. The van der Waals surface area contributed by atoms with Crippen molar-refractivity contribution in [3.63, 3.8) is 0 Å². The smallest absolute Gasteiger partial charge is 0.0555 e. The highest BCUT2D eigenvalue weighted by atomic mass is 15.3. The minimum atomic E-state index is 0.390. The van der Waals surface area contributed by atoms with Crippen LogP contribution in [0.25, 0.3) is 0 Å². The van der Waals surface area contributed by atoms with Gasteiger partial charge in [-0.1, -0.05) is 33.1 Å². The Morgan fingerprint density at radius 2 is 2.11 bits per heavy atom. The van der Waals surface area contributed by atoms with Crippen molar-refractivity contribution in [2.45, 2.75) is 58.4 Å². The molecular weight excluding hydrogens is 222 g/mol. The molecule has 1 aliphatic rings. The quantitative estimate of drug-likeness (QED) is 0.866. The van der Waals surface area contributed by atoms with Gasteiger partial charge in [-0.3, -0.25) is 4.68 Å². The molecule has 2 rings (SSSR count). The number of nitrogens with zero attached hydrogens (tertiary/aromatic N) is 2. The summed E-state index contributed by atoms with van der Waals surface area (Å²) in [5.74, 6) is 0. The van der Waals surface area contributed by atoms with Gasteiger partial charge in [0.15, 0.2) is 0 Å². The predicted molar refractivity (Wildman–Crippen MR) is 75.4 cm³/mol. The van der Waals surface area contributed by atoms with Crippen LogP contribution in [0.4, 0.5) is 0 Å².